The molecule has 0 atom stereocenters. The second kappa shape index (κ2) is 9.12. The normalized spacial score (nSPS) is 14.2. The smallest absolute Gasteiger partial charge is 0.227 e. The van der Waals surface area contributed by atoms with Gasteiger partial charge in [0, 0.05) is 36.8 Å². The summed E-state index contributed by atoms with van der Waals surface area (Å²) in [6.07, 6.45) is 5.26. The lowest BCUT2D eigenvalue weighted by Crippen LogP contribution is -2.35. The number of sulfonamides is 1. The molecule has 0 bridgehead atoms. The van der Waals surface area contributed by atoms with Crippen LogP contribution in [-0.4, -0.2) is 40.6 Å². The van der Waals surface area contributed by atoms with Crippen molar-refractivity contribution in [1.29, 1.82) is 0 Å². The van der Waals surface area contributed by atoms with Gasteiger partial charge in [-0.25, -0.2) is 8.42 Å². The average Bonchev–Trinajstić information content (AvgIpc) is 3.31. The minimum atomic E-state index is -3.18. The Balaban J connectivity index is 1.23. The lowest BCUT2D eigenvalue weighted by molar-refractivity contribution is 0.379. The van der Waals surface area contributed by atoms with Crippen molar-refractivity contribution < 1.29 is 12.9 Å². The van der Waals surface area contributed by atoms with Crippen LogP contribution in [0.25, 0.3) is 22.6 Å². The van der Waals surface area contributed by atoms with Crippen LogP contribution in [0.15, 0.2) is 65.3 Å². The van der Waals surface area contributed by atoms with E-state index in [2.05, 4.69) is 45.5 Å². The van der Waals surface area contributed by atoms with Gasteiger partial charge >= 0.3 is 0 Å². The molecule has 174 valence electrons. The zero-order valence-corrected chi connectivity index (χ0v) is 20.0. The van der Waals surface area contributed by atoms with Crippen molar-refractivity contribution in [2.24, 2.45) is 0 Å². The van der Waals surface area contributed by atoms with Gasteiger partial charge in [-0.1, -0.05) is 47.6 Å². The van der Waals surface area contributed by atoms with E-state index in [9.17, 15) is 8.42 Å². The molecule has 0 saturated heterocycles. The number of fused-ring (bicyclic) bond motifs is 1. The zero-order valence-electron chi connectivity index (χ0n) is 19.2. The third kappa shape index (κ3) is 4.93. The van der Waals surface area contributed by atoms with Gasteiger partial charge in [-0.05, 0) is 54.2 Å². The minimum absolute atomic E-state index is 0.407. The molecule has 3 heterocycles. The molecule has 4 aromatic rings. The summed E-state index contributed by atoms with van der Waals surface area (Å²) in [5.41, 5.74) is 7.44. The van der Waals surface area contributed by atoms with Crippen LogP contribution in [0.5, 0.6) is 0 Å². The first kappa shape index (κ1) is 22.4. The molecule has 2 aromatic heterocycles. The standard InChI is InChI=1S/C26H26N4O3S/c1-18-3-11-24(27-16-18)20-7-4-19(5-8-20)6-12-25-28-26(29-33-25)22-9-10-23-17-30(34(2,31)32)14-13-21(23)15-22/h3-5,7-11,15-16H,6,12-14,17H2,1-2H3. The molecule has 0 spiro atoms. The minimum Gasteiger partial charge on any atom is -0.339 e. The van der Waals surface area contributed by atoms with Crippen molar-refractivity contribution in [3.8, 4) is 22.6 Å². The number of aryl methyl sites for hydroxylation is 3. The largest absolute Gasteiger partial charge is 0.339 e. The molecule has 0 fully saturated rings. The molecule has 0 aliphatic carbocycles. The summed E-state index contributed by atoms with van der Waals surface area (Å²) in [6.45, 7) is 2.93. The first-order chi connectivity index (χ1) is 16.3. The van der Waals surface area contributed by atoms with Crippen molar-refractivity contribution in [1.82, 2.24) is 19.4 Å². The Morgan fingerprint density at radius 3 is 2.50 bits per heavy atom. The van der Waals surface area contributed by atoms with Crippen molar-refractivity contribution >= 4 is 10.0 Å². The van der Waals surface area contributed by atoms with E-state index in [0.717, 1.165) is 39.9 Å². The van der Waals surface area contributed by atoms with Crippen LogP contribution < -0.4 is 0 Å². The highest BCUT2D eigenvalue weighted by atomic mass is 32.2. The van der Waals surface area contributed by atoms with Gasteiger partial charge < -0.3 is 4.52 Å². The Labute approximate surface area is 199 Å². The number of nitrogens with zero attached hydrogens (tertiary/aromatic N) is 4. The number of hydrogen-bond donors (Lipinski definition) is 0. The highest BCUT2D eigenvalue weighted by Gasteiger charge is 2.23. The predicted octanol–water partition coefficient (Wildman–Crippen LogP) is 4.21. The molecule has 0 unspecified atom stereocenters. The SMILES string of the molecule is Cc1ccc(-c2ccc(CCc3nc(-c4ccc5c(c4)CCN(S(C)(=O)=O)C5)no3)cc2)nc1. The molecule has 5 rings (SSSR count). The van der Waals surface area contributed by atoms with Gasteiger partial charge in [0.2, 0.25) is 21.7 Å². The van der Waals surface area contributed by atoms with Gasteiger partial charge in [-0.3, -0.25) is 4.98 Å². The summed E-state index contributed by atoms with van der Waals surface area (Å²) in [5.74, 6) is 1.16. The van der Waals surface area contributed by atoms with Crippen molar-refractivity contribution in [2.45, 2.75) is 32.7 Å². The second-order valence-corrected chi connectivity index (χ2v) is 10.7. The summed E-state index contributed by atoms with van der Waals surface area (Å²) in [7, 11) is -3.18. The van der Waals surface area contributed by atoms with Crippen LogP contribution in [0.1, 0.15) is 28.1 Å². The van der Waals surface area contributed by atoms with E-state index < -0.39 is 10.0 Å². The average molecular weight is 475 g/mol. The molecule has 7 nitrogen and oxygen atoms in total. The van der Waals surface area contributed by atoms with E-state index in [0.29, 0.717) is 37.6 Å². The van der Waals surface area contributed by atoms with Crippen LogP contribution >= 0.6 is 0 Å². The highest BCUT2D eigenvalue weighted by molar-refractivity contribution is 7.88. The fraction of sp³-hybridized carbons (Fsp3) is 0.269. The molecule has 2 aromatic carbocycles. The summed E-state index contributed by atoms with van der Waals surface area (Å²) >= 11 is 0. The van der Waals surface area contributed by atoms with Crippen LogP contribution in [-0.2, 0) is 35.8 Å². The maximum atomic E-state index is 11.8. The second-order valence-electron chi connectivity index (χ2n) is 8.76. The number of aromatic nitrogens is 3. The van der Waals surface area contributed by atoms with Gasteiger partial charge in [0.1, 0.15) is 0 Å². The summed E-state index contributed by atoms with van der Waals surface area (Å²) in [5, 5.41) is 4.16. The van der Waals surface area contributed by atoms with Gasteiger partial charge in [-0.15, -0.1) is 0 Å². The van der Waals surface area contributed by atoms with E-state index in [1.165, 1.54) is 16.1 Å². The monoisotopic (exact) mass is 474 g/mol. The van der Waals surface area contributed by atoms with Gasteiger partial charge in [0.05, 0.1) is 11.9 Å². The van der Waals surface area contributed by atoms with Crippen molar-refractivity contribution in [3.63, 3.8) is 0 Å². The third-order valence-electron chi connectivity index (χ3n) is 6.17. The predicted molar refractivity (Wildman–Crippen MR) is 131 cm³/mol. The quantitative estimate of drug-likeness (QED) is 0.416. The molecular weight excluding hydrogens is 448 g/mol. The van der Waals surface area contributed by atoms with Crippen molar-refractivity contribution in [2.75, 3.05) is 12.8 Å². The van der Waals surface area contributed by atoms with E-state index >= 15 is 0 Å². The molecule has 0 saturated carbocycles. The van der Waals surface area contributed by atoms with Gasteiger partial charge in [0.25, 0.3) is 0 Å². The molecule has 8 heteroatoms. The van der Waals surface area contributed by atoms with E-state index in [4.69, 9.17) is 4.52 Å². The molecule has 0 radical (unpaired) electrons. The van der Waals surface area contributed by atoms with Crippen molar-refractivity contribution in [3.05, 3.63) is 88.9 Å². The van der Waals surface area contributed by atoms with Gasteiger partial charge in [0.15, 0.2) is 0 Å². The van der Waals surface area contributed by atoms with Gasteiger partial charge in [-0.2, -0.15) is 9.29 Å². The van der Waals surface area contributed by atoms with E-state index in [-0.39, 0.29) is 0 Å². The highest BCUT2D eigenvalue weighted by Crippen LogP contribution is 2.26. The van der Waals surface area contributed by atoms with E-state index in [1.807, 2.05) is 37.4 Å². The number of benzene rings is 2. The maximum Gasteiger partial charge on any atom is 0.227 e. The van der Waals surface area contributed by atoms with Crippen LogP contribution in [0.4, 0.5) is 0 Å². The number of hydrogen-bond acceptors (Lipinski definition) is 6. The lowest BCUT2D eigenvalue weighted by atomic mass is 9.98. The number of pyridine rings is 1. The number of rotatable bonds is 6. The van der Waals surface area contributed by atoms with Crippen LogP contribution in [0, 0.1) is 6.92 Å². The Morgan fingerprint density at radius 1 is 0.971 bits per heavy atom. The van der Waals surface area contributed by atoms with Crippen LogP contribution in [0.3, 0.4) is 0 Å². The fourth-order valence-corrected chi connectivity index (χ4v) is 4.95. The third-order valence-corrected chi connectivity index (χ3v) is 7.42. The summed E-state index contributed by atoms with van der Waals surface area (Å²) < 4.78 is 30.7. The maximum absolute atomic E-state index is 11.8. The Morgan fingerprint density at radius 2 is 1.76 bits per heavy atom. The van der Waals surface area contributed by atoms with E-state index in [1.54, 1.807) is 0 Å². The Bertz CT molecular complexity index is 1410. The lowest BCUT2D eigenvalue weighted by Gasteiger charge is -2.26. The Kier molecular flexibility index (Phi) is 6.02. The first-order valence-corrected chi connectivity index (χ1v) is 13.1. The summed E-state index contributed by atoms with van der Waals surface area (Å²) in [4.78, 5) is 9.06. The molecule has 34 heavy (non-hydrogen) atoms. The topological polar surface area (TPSA) is 89.2 Å². The molecule has 0 N–H and O–H groups in total. The molecule has 0 amide bonds. The van der Waals surface area contributed by atoms with Crippen LogP contribution in [0.2, 0.25) is 0 Å². The summed E-state index contributed by atoms with van der Waals surface area (Å²) in [6, 6.07) is 18.4. The zero-order chi connectivity index (χ0) is 23.7. The molecular formula is C26H26N4O3S. The fourth-order valence-electron chi connectivity index (χ4n) is 4.15. The first-order valence-electron chi connectivity index (χ1n) is 11.3. The molecule has 1 aliphatic heterocycles. The Hall–Kier alpha value is -3.36. The molecule has 1 aliphatic rings.